The first-order valence-corrected chi connectivity index (χ1v) is 6.09. The largest absolute Gasteiger partial charge is 0.465 e. The van der Waals surface area contributed by atoms with E-state index < -0.39 is 12.1 Å². The van der Waals surface area contributed by atoms with E-state index in [1.807, 2.05) is 30.3 Å². The minimum atomic E-state index is -1.18. The summed E-state index contributed by atoms with van der Waals surface area (Å²) in [6.07, 6.45) is -0.0533. The number of hydrogen-bond acceptors (Lipinski definition) is 2. The van der Waals surface area contributed by atoms with E-state index in [4.69, 9.17) is 5.11 Å². The fourth-order valence-corrected chi connectivity index (χ4v) is 1.72. The standard InChI is InChI=1S/C15H17NO3/c1-2-3-5-10-13(16-15(18)19)14(17)11-12-8-6-4-7-9-12/h4,6-9,13,16H,5,10-11H2,1H3,(H,18,19)/t13-/m1/s1. The van der Waals surface area contributed by atoms with Crippen molar-refractivity contribution < 1.29 is 14.7 Å². The smallest absolute Gasteiger partial charge is 0.405 e. The van der Waals surface area contributed by atoms with Crippen LogP contribution in [0, 0.1) is 11.8 Å². The Kier molecular flexibility index (Phi) is 6.17. The SMILES string of the molecule is CC#CCC[C@@H](NC(=O)O)C(=O)Cc1ccccc1. The maximum Gasteiger partial charge on any atom is 0.405 e. The molecule has 0 aliphatic heterocycles. The fourth-order valence-electron chi connectivity index (χ4n) is 1.72. The van der Waals surface area contributed by atoms with Gasteiger partial charge in [0, 0.05) is 12.8 Å². The van der Waals surface area contributed by atoms with Crippen molar-refractivity contribution in [2.75, 3.05) is 0 Å². The summed E-state index contributed by atoms with van der Waals surface area (Å²) in [5.41, 5.74) is 0.881. The summed E-state index contributed by atoms with van der Waals surface area (Å²) in [7, 11) is 0. The summed E-state index contributed by atoms with van der Waals surface area (Å²) in [4.78, 5) is 22.8. The molecular formula is C15H17NO3. The number of ketones is 1. The molecule has 100 valence electrons. The zero-order valence-electron chi connectivity index (χ0n) is 10.8. The molecule has 1 aromatic rings. The lowest BCUT2D eigenvalue weighted by atomic mass is 10.0. The summed E-state index contributed by atoms with van der Waals surface area (Å²) in [6.45, 7) is 1.71. The van der Waals surface area contributed by atoms with Gasteiger partial charge < -0.3 is 10.4 Å². The number of carbonyl (C=O) groups excluding carboxylic acids is 1. The summed E-state index contributed by atoms with van der Waals surface area (Å²) in [5, 5.41) is 11.0. The van der Waals surface area contributed by atoms with Crippen molar-refractivity contribution in [3.63, 3.8) is 0 Å². The van der Waals surface area contributed by atoms with E-state index in [-0.39, 0.29) is 12.2 Å². The van der Waals surface area contributed by atoms with E-state index in [1.54, 1.807) is 6.92 Å². The van der Waals surface area contributed by atoms with Crippen LogP contribution in [0.2, 0.25) is 0 Å². The normalized spacial score (nSPS) is 11.0. The molecule has 1 amide bonds. The third-order valence-corrected chi connectivity index (χ3v) is 2.64. The third-order valence-electron chi connectivity index (χ3n) is 2.64. The molecule has 0 aliphatic carbocycles. The van der Waals surface area contributed by atoms with Crippen molar-refractivity contribution in [2.24, 2.45) is 0 Å². The molecule has 0 unspecified atom stereocenters. The molecule has 1 rings (SSSR count). The van der Waals surface area contributed by atoms with Gasteiger partial charge in [-0.1, -0.05) is 30.3 Å². The van der Waals surface area contributed by atoms with Gasteiger partial charge in [0.25, 0.3) is 0 Å². The molecule has 0 saturated heterocycles. The average Bonchev–Trinajstić information content (AvgIpc) is 2.38. The summed E-state index contributed by atoms with van der Waals surface area (Å²) < 4.78 is 0. The molecule has 0 heterocycles. The van der Waals surface area contributed by atoms with E-state index in [0.717, 1.165) is 5.56 Å². The number of hydrogen-bond donors (Lipinski definition) is 2. The first-order valence-electron chi connectivity index (χ1n) is 6.09. The Hall–Kier alpha value is -2.28. The summed E-state index contributed by atoms with van der Waals surface area (Å²) in [5.74, 6) is 5.43. The van der Waals surface area contributed by atoms with Crippen molar-refractivity contribution in [1.29, 1.82) is 0 Å². The number of amides is 1. The molecule has 0 fully saturated rings. The predicted octanol–water partition coefficient (Wildman–Crippen LogP) is 2.24. The van der Waals surface area contributed by atoms with Crippen LogP contribution in [0.15, 0.2) is 30.3 Å². The number of nitrogens with one attached hydrogen (secondary N) is 1. The Labute approximate surface area is 112 Å². The van der Waals surface area contributed by atoms with Crippen LogP contribution in [0.5, 0.6) is 0 Å². The minimum Gasteiger partial charge on any atom is -0.465 e. The molecule has 0 radical (unpaired) electrons. The Morgan fingerprint density at radius 2 is 2.00 bits per heavy atom. The average molecular weight is 259 g/mol. The third kappa shape index (κ3) is 5.73. The molecular weight excluding hydrogens is 242 g/mol. The number of carbonyl (C=O) groups is 2. The van der Waals surface area contributed by atoms with Crippen LogP contribution >= 0.6 is 0 Å². The highest BCUT2D eigenvalue weighted by Crippen LogP contribution is 2.06. The fraction of sp³-hybridized carbons (Fsp3) is 0.333. The minimum absolute atomic E-state index is 0.133. The Bertz CT molecular complexity index is 485. The number of carboxylic acid groups (broad SMARTS) is 1. The van der Waals surface area contributed by atoms with Gasteiger partial charge in [0.05, 0.1) is 6.04 Å². The van der Waals surface area contributed by atoms with Crippen molar-refractivity contribution in [2.45, 2.75) is 32.2 Å². The van der Waals surface area contributed by atoms with Gasteiger partial charge in [0.1, 0.15) is 0 Å². The van der Waals surface area contributed by atoms with Gasteiger partial charge in [-0.15, -0.1) is 11.8 Å². The zero-order chi connectivity index (χ0) is 14.1. The quantitative estimate of drug-likeness (QED) is 0.770. The van der Waals surface area contributed by atoms with Crippen molar-refractivity contribution in [3.05, 3.63) is 35.9 Å². The monoisotopic (exact) mass is 259 g/mol. The lowest BCUT2D eigenvalue weighted by Crippen LogP contribution is -2.40. The molecule has 0 saturated carbocycles. The second-order valence-electron chi connectivity index (χ2n) is 4.10. The maximum absolute atomic E-state index is 12.1. The Morgan fingerprint density at radius 3 is 2.58 bits per heavy atom. The van der Waals surface area contributed by atoms with Crippen LogP contribution in [0.4, 0.5) is 4.79 Å². The lowest BCUT2D eigenvalue weighted by Gasteiger charge is -2.14. The van der Waals surface area contributed by atoms with Crippen LogP contribution in [0.3, 0.4) is 0 Å². The maximum atomic E-state index is 12.1. The molecule has 2 N–H and O–H groups in total. The van der Waals surface area contributed by atoms with E-state index in [1.165, 1.54) is 0 Å². The number of rotatable bonds is 6. The van der Waals surface area contributed by atoms with Crippen LogP contribution in [-0.2, 0) is 11.2 Å². The van der Waals surface area contributed by atoms with Gasteiger partial charge in [-0.05, 0) is 18.9 Å². The van der Waals surface area contributed by atoms with E-state index in [2.05, 4.69) is 17.2 Å². The second-order valence-corrected chi connectivity index (χ2v) is 4.10. The van der Waals surface area contributed by atoms with Crippen LogP contribution in [0.25, 0.3) is 0 Å². The molecule has 4 heteroatoms. The van der Waals surface area contributed by atoms with Crippen molar-refractivity contribution in [1.82, 2.24) is 5.32 Å². The molecule has 4 nitrogen and oxygen atoms in total. The second kappa shape index (κ2) is 7.93. The Balaban J connectivity index is 2.64. The Morgan fingerprint density at radius 1 is 1.32 bits per heavy atom. The van der Waals surface area contributed by atoms with E-state index in [0.29, 0.717) is 12.8 Å². The van der Waals surface area contributed by atoms with E-state index in [9.17, 15) is 9.59 Å². The molecule has 0 aromatic heterocycles. The van der Waals surface area contributed by atoms with Crippen molar-refractivity contribution in [3.8, 4) is 11.8 Å². The molecule has 0 aliphatic rings. The highest BCUT2D eigenvalue weighted by Gasteiger charge is 2.19. The van der Waals surface area contributed by atoms with E-state index >= 15 is 0 Å². The summed E-state index contributed by atoms with van der Waals surface area (Å²) >= 11 is 0. The van der Waals surface area contributed by atoms with Crippen LogP contribution in [-0.4, -0.2) is 23.0 Å². The van der Waals surface area contributed by atoms with Gasteiger partial charge >= 0.3 is 6.09 Å². The highest BCUT2D eigenvalue weighted by atomic mass is 16.4. The molecule has 0 spiro atoms. The summed E-state index contributed by atoms with van der Waals surface area (Å²) in [6, 6.07) is 8.58. The first kappa shape index (κ1) is 14.8. The first-order chi connectivity index (χ1) is 9.13. The molecule has 19 heavy (non-hydrogen) atoms. The molecule has 0 bridgehead atoms. The van der Waals surface area contributed by atoms with Crippen LogP contribution in [0.1, 0.15) is 25.3 Å². The van der Waals surface area contributed by atoms with Gasteiger partial charge in [-0.3, -0.25) is 4.79 Å². The van der Waals surface area contributed by atoms with Gasteiger partial charge in [0.2, 0.25) is 0 Å². The molecule has 1 atom stereocenters. The van der Waals surface area contributed by atoms with Gasteiger partial charge in [-0.25, -0.2) is 4.79 Å². The van der Waals surface area contributed by atoms with Crippen LogP contribution < -0.4 is 5.32 Å². The zero-order valence-corrected chi connectivity index (χ0v) is 10.8. The van der Waals surface area contributed by atoms with Gasteiger partial charge in [0.15, 0.2) is 5.78 Å². The van der Waals surface area contributed by atoms with Crippen molar-refractivity contribution >= 4 is 11.9 Å². The lowest BCUT2D eigenvalue weighted by molar-refractivity contribution is -0.120. The highest BCUT2D eigenvalue weighted by molar-refractivity contribution is 5.88. The predicted molar refractivity (Wildman–Crippen MR) is 72.8 cm³/mol. The topological polar surface area (TPSA) is 66.4 Å². The molecule has 1 aromatic carbocycles. The van der Waals surface area contributed by atoms with Gasteiger partial charge in [-0.2, -0.15) is 0 Å². The number of benzene rings is 1. The number of Topliss-reactive ketones (excluding diaryl/α,β-unsaturated/α-hetero) is 1.